The number of nitrogens with zero attached hydrogens (tertiary/aromatic N) is 5. The minimum atomic E-state index is -0.248. The number of aromatic amines is 1. The van der Waals surface area contributed by atoms with Gasteiger partial charge in [0, 0.05) is 36.2 Å². The third kappa shape index (κ3) is 3.51. The number of nitrogens with one attached hydrogen (secondary N) is 2. The summed E-state index contributed by atoms with van der Waals surface area (Å²) in [5, 5.41) is 10.0. The minimum absolute atomic E-state index is 0.185. The molecule has 166 valence electrons. The van der Waals surface area contributed by atoms with E-state index in [4.69, 9.17) is 14.5 Å². The smallest absolute Gasteiger partial charge is 0.319 e. The van der Waals surface area contributed by atoms with Crippen LogP contribution in [0.2, 0.25) is 0 Å². The van der Waals surface area contributed by atoms with Gasteiger partial charge in [-0.1, -0.05) is 0 Å². The Hall–Kier alpha value is -4.47. The lowest BCUT2D eigenvalue weighted by atomic mass is 10.1. The van der Waals surface area contributed by atoms with Crippen molar-refractivity contribution in [2.45, 2.75) is 6.92 Å². The highest BCUT2D eigenvalue weighted by molar-refractivity contribution is 5.96. The van der Waals surface area contributed by atoms with Crippen LogP contribution < -0.4 is 20.3 Å². The van der Waals surface area contributed by atoms with E-state index in [0.717, 1.165) is 22.3 Å². The molecule has 10 heteroatoms. The van der Waals surface area contributed by atoms with Gasteiger partial charge in [0.2, 0.25) is 5.88 Å². The van der Waals surface area contributed by atoms with E-state index in [9.17, 15) is 4.79 Å². The second-order valence-electron chi connectivity index (χ2n) is 7.47. The highest BCUT2D eigenvalue weighted by atomic mass is 16.5. The normalized spacial score (nSPS) is 11.2. The minimum Gasteiger partial charge on any atom is -0.480 e. The van der Waals surface area contributed by atoms with Crippen molar-refractivity contribution in [1.82, 2.24) is 29.7 Å². The van der Waals surface area contributed by atoms with Gasteiger partial charge in [-0.25, -0.2) is 9.97 Å². The molecule has 0 bridgehead atoms. The van der Waals surface area contributed by atoms with Gasteiger partial charge in [-0.15, -0.1) is 0 Å². The van der Waals surface area contributed by atoms with E-state index in [0.29, 0.717) is 33.7 Å². The zero-order valence-electron chi connectivity index (χ0n) is 18.5. The number of methoxy groups -OCH3 is 2. The molecule has 0 aliphatic heterocycles. The summed E-state index contributed by atoms with van der Waals surface area (Å²) in [6.07, 6.45) is 3.18. The Balaban J connectivity index is 1.68. The van der Waals surface area contributed by atoms with E-state index in [1.54, 1.807) is 18.5 Å². The van der Waals surface area contributed by atoms with Crippen LogP contribution in [0, 0.1) is 6.92 Å². The van der Waals surface area contributed by atoms with Gasteiger partial charge in [-0.2, -0.15) is 10.1 Å². The van der Waals surface area contributed by atoms with Gasteiger partial charge in [-0.05, 0) is 42.6 Å². The fourth-order valence-electron chi connectivity index (χ4n) is 3.77. The number of H-pyrrole nitrogens is 1. The first kappa shape index (κ1) is 20.4. The predicted molar refractivity (Wildman–Crippen MR) is 125 cm³/mol. The summed E-state index contributed by atoms with van der Waals surface area (Å²) < 4.78 is 12.4. The summed E-state index contributed by atoms with van der Waals surface area (Å²) in [5.41, 5.74) is 3.54. The number of aromatic nitrogens is 6. The highest BCUT2D eigenvalue weighted by Gasteiger charge is 2.17. The number of hydrogen-bond donors (Lipinski definition) is 2. The predicted octanol–water partition coefficient (Wildman–Crippen LogP) is 3.34. The van der Waals surface area contributed by atoms with Gasteiger partial charge in [0.15, 0.2) is 0 Å². The Bertz CT molecular complexity index is 1570. The quantitative estimate of drug-likeness (QED) is 0.424. The number of benzene rings is 1. The summed E-state index contributed by atoms with van der Waals surface area (Å²) in [6, 6.07) is 9.66. The van der Waals surface area contributed by atoms with Crippen molar-refractivity contribution < 1.29 is 9.47 Å². The number of rotatable bonds is 5. The van der Waals surface area contributed by atoms with E-state index in [-0.39, 0.29) is 11.6 Å². The second kappa shape index (κ2) is 7.90. The van der Waals surface area contributed by atoms with E-state index < -0.39 is 0 Å². The van der Waals surface area contributed by atoms with E-state index in [2.05, 4.69) is 25.4 Å². The molecule has 0 atom stereocenters. The lowest BCUT2D eigenvalue weighted by Gasteiger charge is -2.13. The third-order valence-corrected chi connectivity index (χ3v) is 5.53. The molecule has 0 amide bonds. The molecule has 0 saturated carbocycles. The molecule has 0 fully saturated rings. The lowest BCUT2D eigenvalue weighted by molar-refractivity contribution is 0.353. The Kier molecular flexibility index (Phi) is 4.89. The van der Waals surface area contributed by atoms with Crippen LogP contribution >= 0.6 is 0 Å². The molecule has 10 nitrogen and oxygen atoms in total. The van der Waals surface area contributed by atoms with Crippen LogP contribution in [-0.2, 0) is 7.05 Å². The molecule has 0 radical (unpaired) electrons. The molecule has 1 aromatic carbocycles. The SMILES string of the molecule is COc1ncc(-c2cc3cc[nH]c(=O)c3c(Nc3ccc4c(C)n(C)nc4c3)n2)c(OC)n1. The van der Waals surface area contributed by atoms with Gasteiger partial charge in [-0.3, -0.25) is 9.48 Å². The Morgan fingerprint density at radius 3 is 2.73 bits per heavy atom. The molecule has 5 rings (SSSR count). The number of ether oxygens (including phenoxy) is 2. The molecule has 0 spiro atoms. The molecular weight excluding hydrogens is 422 g/mol. The maximum absolute atomic E-state index is 12.7. The second-order valence-corrected chi connectivity index (χ2v) is 7.47. The molecule has 0 saturated heterocycles. The number of pyridine rings is 2. The van der Waals surface area contributed by atoms with Gasteiger partial charge in [0.05, 0.1) is 36.4 Å². The van der Waals surface area contributed by atoms with Crippen LogP contribution in [0.3, 0.4) is 0 Å². The third-order valence-electron chi connectivity index (χ3n) is 5.53. The number of anilines is 2. The lowest BCUT2D eigenvalue weighted by Crippen LogP contribution is -2.09. The fourth-order valence-corrected chi connectivity index (χ4v) is 3.77. The van der Waals surface area contributed by atoms with Crippen LogP contribution in [0.4, 0.5) is 11.5 Å². The zero-order chi connectivity index (χ0) is 23.1. The van der Waals surface area contributed by atoms with Crippen molar-refractivity contribution in [1.29, 1.82) is 0 Å². The van der Waals surface area contributed by atoms with Crippen LogP contribution in [0.25, 0.3) is 32.9 Å². The molecule has 5 aromatic rings. The Labute approximate surface area is 188 Å². The van der Waals surface area contributed by atoms with Crippen molar-refractivity contribution in [3.63, 3.8) is 0 Å². The molecular formula is C23H21N7O3. The standard InChI is InChI=1S/C23H21N7O3/c1-12-15-6-5-14(10-18(15)29-30(12)2)26-20-19-13(7-8-24-21(19)31)9-17(27-20)16-11-25-23(33-4)28-22(16)32-3/h5-11H,1-4H3,(H,24,31)(H,26,27). The molecule has 4 heterocycles. The van der Waals surface area contributed by atoms with Gasteiger partial charge in [0.1, 0.15) is 5.82 Å². The van der Waals surface area contributed by atoms with Crippen molar-refractivity contribution >= 4 is 33.2 Å². The molecule has 0 unspecified atom stereocenters. The first-order chi connectivity index (χ1) is 16.0. The summed E-state index contributed by atoms with van der Waals surface area (Å²) in [5.74, 6) is 0.712. The first-order valence-electron chi connectivity index (χ1n) is 10.2. The number of aryl methyl sites for hydroxylation is 2. The van der Waals surface area contributed by atoms with Gasteiger partial charge < -0.3 is 19.8 Å². The summed E-state index contributed by atoms with van der Waals surface area (Å²) >= 11 is 0. The van der Waals surface area contributed by atoms with Crippen molar-refractivity contribution in [2.24, 2.45) is 7.05 Å². The molecule has 0 aliphatic rings. The van der Waals surface area contributed by atoms with E-state index >= 15 is 0 Å². The maximum Gasteiger partial charge on any atom is 0.319 e. The fraction of sp³-hybridized carbons (Fsp3) is 0.174. The monoisotopic (exact) mass is 443 g/mol. The van der Waals surface area contributed by atoms with Crippen LogP contribution in [0.1, 0.15) is 5.69 Å². The van der Waals surface area contributed by atoms with Crippen LogP contribution in [0.15, 0.2) is 47.5 Å². The molecule has 33 heavy (non-hydrogen) atoms. The van der Waals surface area contributed by atoms with Gasteiger partial charge >= 0.3 is 6.01 Å². The summed E-state index contributed by atoms with van der Waals surface area (Å²) in [4.78, 5) is 28.6. The topological polar surface area (TPSA) is 120 Å². The largest absolute Gasteiger partial charge is 0.480 e. The zero-order valence-corrected chi connectivity index (χ0v) is 18.5. The van der Waals surface area contributed by atoms with E-state index in [1.807, 2.05) is 42.9 Å². The summed E-state index contributed by atoms with van der Waals surface area (Å²) in [6.45, 7) is 2.02. The Morgan fingerprint density at radius 2 is 1.94 bits per heavy atom. The van der Waals surface area contributed by atoms with E-state index in [1.165, 1.54) is 14.2 Å². The average molecular weight is 443 g/mol. The summed E-state index contributed by atoms with van der Waals surface area (Å²) in [7, 11) is 4.90. The molecule has 0 aliphatic carbocycles. The van der Waals surface area contributed by atoms with Crippen LogP contribution in [-0.4, -0.2) is 43.9 Å². The van der Waals surface area contributed by atoms with Gasteiger partial charge in [0.25, 0.3) is 5.56 Å². The highest BCUT2D eigenvalue weighted by Crippen LogP contribution is 2.33. The number of fused-ring (bicyclic) bond motifs is 2. The molecule has 4 aromatic heterocycles. The van der Waals surface area contributed by atoms with Crippen molar-refractivity contribution in [2.75, 3.05) is 19.5 Å². The Morgan fingerprint density at radius 1 is 1.09 bits per heavy atom. The first-order valence-corrected chi connectivity index (χ1v) is 10.2. The maximum atomic E-state index is 12.7. The molecule has 2 N–H and O–H groups in total. The average Bonchev–Trinajstić information content (AvgIpc) is 3.11. The van der Waals surface area contributed by atoms with Crippen molar-refractivity contribution in [3.8, 4) is 23.1 Å². The van der Waals surface area contributed by atoms with Crippen molar-refractivity contribution in [3.05, 3.63) is 58.8 Å². The number of hydrogen-bond acceptors (Lipinski definition) is 8. The van der Waals surface area contributed by atoms with Crippen LogP contribution in [0.5, 0.6) is 11.9 Å².